The minimum absolute atomic E-state index is 0. The Bertz CT molecular complexity index is 67.9. The molecule has 0 aromatic rings. The highest BCUT2D eigenvalue weighted by atomic mass is 35.5. The maximum atomic E-state index is 2.43. The Kier molecular flexibility index (Phi) is 6.46. The fourth-order valence-corrected chi connectivity index (χ4v) is 7.79. The maximum Gasteiger partial charge on any atom is 0.104 e. The van der Waals surface area contributed by atoms with Gasteiger partial charge in [0.2, 0.25) is 0 Å². The van der Waals surface area contributed by atoms with E-state index in [4.69, 9.17) is 0 Å². The average molecular weight is 185 g/mol. The fourth-order valence-electron chi connectivity index (χ4n) is 0.866. The van der Waals surface area contributed by atoms with Crippen molar-refractivity contribution in [3.8, 4) is 0 Å². The molecule has 0 unspecified atom stereocenters. The van der Waals surface area contributed by atoms with Crippen LogP contribution in [0, 0.1) is 0 Å². The van der Waals surface area contributed by atoms with Gasteiger partial charge < -0.3 is 12.4 Å². The third kappa shape index (κ3) is 12.1. The molecule has 0 saturated heterocycles. The van der Waals surface area contributed by atoms with Crippen LogP contribution in [0.25, 0.3) is 0 Å². The third-order valence-corrected chi connectivity index (χ3v) is 6.50. The first-order chi connectivity index (χ1) is 3.42. The van der Waals surface area contributed by atoms with E-state index in [1.54, 1.807) is 0 Å². The van der Waals surface area contributed by atoms with Gasteiger partial charge in [0.1, 0.15) is 8.07 Å². The summed E-state index contributed by atoms with van der Waals surface area (Å²) in [6.07, 6.45) is 4.66. The molecule has 0 spiro atoms. The van der Waals surface area contributed by atoms with Gasteiger partial charge in [-0.25, -0.2) is 0 Å². The first-order valence-corrected chi connectivity index (χ1v) is 8.88. The van der Waals surface area contributed by atoms with Crippen molar-refractivity contribution in [3.63, 3.8) is 0 Å². The van der Waals surface area contributed by atoms with Crippen molar-refractivity contribution in [2.75, 3.05) is 17.9 Å². The van der Waals surface area contributed by atoms with Gasteiger partial charge in [0.25, 0.3) is 0 Å². The molecule has 0 aliphatic heterocycles. The summed E-state index contributed by atoms with van der Waals surface area (Å²) < 4.78 is 0. The van der Waals surface area contributed by atoms with Crippen LogP contribution in [0.4, 0.5) is 0 Å². The van der Waals surface area contributed by atoms with Gasteiger partial charge in [-0.2, -0.15) is 0 Å². The summed E-state index contributed by atoms with van der Waals surface area (Å²) in [6.45, 7) is 7.29. The van der Waals surface area contributed by atoms with E-state index < -0.39 is 8.07 Å². The third-order valence-electron chi connectivity index (χ3n) is 0.722. The van der Waals surface area contributed by atoms with E-state index in [9.17, 15) is 0 Å². The molecule has 0 N–H and O–H groups in total. The van der Waals surface area contributed by atoms with E-state index in [2.05, 4.69) is 32.2 Å². The molecule has 0 heterocycles. The molecule has 0 saturated carbocycles. The van der Waals surface area contributed by atoms with Gasteiger partial charge in [-0.15, -0.1) is 0 Å². The number of halogens is 1. The summed E-state index contributed by atoms with van der Waals surface area (Å²) in [5.74, 6) is 0. The molecule has 0 bridgehead atoms. The number of hydrogen-bond donors (Lipinski definition) is 0. The first kappa shape index (κ1) is 12.5. The summed E-state index contributed by atoms with van der Waals surface area (Å²) in [6, 6.07) is 0. The Morgan fingerprint density at radius 3 is 1.44 bits per heavy atom. The minimum atomic E-state index is -0.708. The van der Waals surface area contributed by atoms with Crippen molar-refractivity contribution in [2.24, 2.45) is 0 Å². The summed E-state index contributed by atoms with van der Waals surface area (Å²) in [4.78, 5) is 0. The van der Waals surface area contributed by atoms with Crippen molar-refractivity contribution < 1.29 is 12.4 Å². The summed E-state index contributed by atoms with van der Waals surface area (Å²) in [7, 11) is -0.0313. The van der Waals surface area contributed by atoms with Gasteiger partial charge in [-0.3, -0.25) is 0 Å². The standard InChI is InChI=1S/C6H17SSi.ClH/c1-7(2)6-8(3,4)5;/h6H2,1-5H3;1H/q+1;/p-1. The van der Waals surface area contributed by atoms with E-state index >= 15 is 0 Å². The Labute approximate surface area is 69.2 Å². The highest BCUT2D eigenvalue weighted by Crippen LogP contribution is 2.03. The van der Waals surface area contributed by atoms with Crippen molar-refractivity contribution in [3.05, 3.63) is 0 Å². The molecular weight excluding hydrogens is 168 g/mol. The molecule has 9 heavy (non-hydrogen) atoms. The van der Waals surface area contributed by atoms with E-state index in [1.807, 2.05) is 0 Å². The zero-order valence-electron chi connectivity index (χ0n) is 6.99. The van der Waals surface area contributed by atoms with Crippen LogP contribution < -0.4 is 12.4 Å². The quantitative estimate of drug-likeness (QED) is 0.372. The van der Waals surface area contributed by atoms with E-state index in [0.717, 1.165) is 0 Å². The molecule has 0 aromatic heterocycles. The summed E-state index contributed by atoms with van der Waals surface area (Å²) in [5, 5.41) is 1.49. The lowest BCUT2D eigenvalue weighted by Gasteiger charge is -2.10. The molecule has 0 aliphatic carbocycles. The van der Waals surface area contributed by atoms with Crippen LogP contribution >= 0.6 is 0 Å². The lowest BCUT2D eigenvalue weighted by Crippen LogP contribution is -3.00. The number of hydrogen-bond acceptors (Lipinski definition) is 0. The van der Waals surface area contributed by atoms with Crippen LogP contribution in [0.3, 0.4) is 0 Å². The van der Waals surface area contributed by atoms with Gasteiger partial charge in [-0.1, -0.05) is 19.6 Å². The largest absolute Gasteiger partial charge is 1.00 e. The smallest absolute Gasteiger partial charge is 0.104 e. The SMILES string of the molecule is C[S+](C)C[Si](C)(C)C.[Cl-]. The molecule has 58 valence electrons. The van der Waals surface area contributed by atoms with Crippen LogP contribution in [0.1, 0.15) is 0 Å². The highest BCUT2D eigenvalue weighted by molar-refractivity contribution is 7.97. The highest BCUT2D eigenvalue weighted by Gasteiger charge is 2.20. The van der Waals surface area contributed by atoms with E-state index in [1.165, 1.54) is 5.38 Å². The normalized spacial score (nSPS) is 11.3. The molecule has 0 atom stereocenters. The zero-order valence-corrected chi connectivity index (χ0v) is 9.57. The minimum Gasteiger partial charge on any atom is -1.00 e. The molecule has 0 radical (unpaired) electrons. The monoisotopic (exact) mass is 184 g/mol. The summed E-state index contributed by atoms with van der Waals surface area (Å²) >= 11 is 0. The fraction of sp³-hybridized carbons (Fsp3) is 1.00. The van der Waals surface area contributed by atoms with Crippen molar-refractivity contribution in [1.29, 1.82) is 0 Å². The molecule has 3 heteroatoms. The molecule has 0 aromatic carbocycles. The molecule has 0 nitrogen and oxygen atoms in total. The average Bonchev–Trinajstić information content (AvgIpc) is 1.21. The maximum absolute atomic E-state index is 2.43. The molecule has 0 rings (SSSR count). The van der Waals surface area contributed by atoms with Gasteiger partial charge in [0.15, 0.2) is 0 Å². The van der Waals surface area contributed by atoms with Gasteiger partial charge in [0.05, 0.1) is 17.9 Å². The molecule has 0 fully saturated rings. The Morgan fingerprint density at radius 2 is 1.44 bits per heavy atom. The second kappa shape index (κ2) is 4.64. The zero-order chi connectivity index (χ0) is 6.78. The van der Waals surface area contributed by atoms with Crippen LogP contribution in [0.2, 0.25) is 19.6 Å². The second-order valence-electron chi connectivity index (χ2n) is 3.69. The lowest BCUT2D eigenvalue weighted by atomic mass is 11.7. The molecular formula is C6H17ClSSi. The van der Waals surface area contributed by atoms with Crippen molar-refractivity contribution in [2.45, 2.75) is 19.6 Å². The van der Waals surface area contributed by atoms with Crippen LogP contribution in [-0.2, 0) is 10.9 Å². The van der Waals surface area contributed by atoms with Gasteiger partial charge in [0, 0.05) is 0 Å². The Balaban J connectivity index is 0. The lowest BCUT2D eigenvalue weighted by molar-refractivity contribution is -0.00000226. The Hall–Kier alpha value is 0.857. The predicted molar refractivity (Wildman–Crippen MR) is 47.4 cm³/mol. The Morgan fingerprint density at radius 1 is 1.11 bits per heavy atom. The van der Waals surface area contributed by atoms with Gasteiger partial charge in [-0.05, 0) is 10.9 Å². The predicted octanol–water partition coefficient (Wildman–Crippen LogP) is -1.25. The van der Waals surface area contributed by atoms with Crippen LogP contribution in [-0.4, -0.2) is 26.0 Å². The van der Waals surface area contributed by atoms with Crippen molar-refractivity contribution in [1.82, 2.24) is 0 Å². The topological polar surface area (TPSA) is 0 Å². The second-order valence-corrected chi connectivity index (χ2v) is 11.9. The van der Waals surface area contributed by atoms with Crippen molar-refractivity contribution >= 4 is 19.0 Å². The molecule has 0 amide bonds. The van der Waals surface area contributed by atoms with Gasteiger partial charge >= 0.3 is 0 Å². The number of rotatable bonds is 2. The molecule has 0 aliphatic rings. The summed E-state index contributed by atoms with van der Waals surface area (Å²) in [5.41, 5.74) is 0. The first-order valence-electron chi connectivity index (χ1n) is 2.96. The van der Waals surface area contributed by atoms with Crippen LogP contribution in [0.15, 0.2) is 0 Å². The van der Waals surface area contributed by atoms with Crippen LogP contribution in [0.5, 0.6) is 0 Å². The van der Waals surface area contributed by atoms with E-state index in [0.29, 0.717) is 10.9 Å². The van der Waals surface area contributed by atoms with E-state index in [-0.39, 0.29) is 12.4 Å².